The van der Waals surface area contributed by atoms with E-state index in [1.165, 1.54) is 57.0 Å². The molecule has 0 fully saturated rings. The van der Waals surface area contributed by atoms with Crippen LogP contribution in [0.3, 0.4) is 0 Å². The fourth-order valence-electron chi connectivity index (χ4n) is 3.52. The lowest BCUT2D eigenvalue weighted by molar-refractivity contribution is 0.480. The quantitative estimate of drug-likeness (QED) is 0.162. The van der Waals surface area contributed by atoms with Crippen LogP contribution in [-0.2, 0) is 0 Å². The van der Waals surface area contributed by atoms with E-state index in [9.17, 15) is 9.50 Å². The van der Waals surface area contributed by atoms with Crippen molar-refractivity contribution < 1.29 is 9.50 Å². The molecule has 3 rings (SSSR count). The minimum absolute atomic E-state index is 0.0378. The molecule has 0 atom stereocenters. The highest BCUT2D eigenvalue weighted by Gasteiger charge is 2.11. The normalized spacial score (nSPS) is 11.4. The molecule has 0 aliphatic rings. The second-order valence-corrected chi connectivity index (χ2v) is 8.75. The van der Waals surface area contributed by atoms with Gasteiger partial charge < -0.3 is 10.4 Å². The summed E-state index contributed by atoms with van der Waals surface area (Å²) in [5.41, 5.74) is 3.74. The number of phenolic OH excluding ortho intramolecular Hbond substituents is 1. The number of hydrogen-bond donors (Lipinski definition) is 2. The zero-order valence-corrected chi connectivity index (χ0v) is 22.0. The van der Waals surface area contributed by atoms with Gasteiger partial charge in [0.15, 0.2) is 0 Å². The lowest BCUT2D eigenvalue weighted by Crippen LogP contribution is -2.05. The van der Waals surface area contributed by atoms with Crippen molar-refractivity contribution in [2.45, 2.75) is 59.3 Å². The zero-order valence-electron chi connectivity index (χ0n) is 22.0. The van der Waals surface area contributed by atoms with Gasteiger partial charge in [0.2, 0.25) is 0 Å². The Labute approximate surface area is 214 Å². The molecule has 0 saturated carbocycles. The molecule has 0 bridgehead atoms. The standard InChI is InChI=1S/C22H21FN4O.C8H18/c1-14(4-5-15(2)24-3)12-25-22-19-10-17(16-6-8-18(23)9-7-16)11-20(28)21(19)26-13-27-22;1-3-5-7-8-6-4-2/h4-11,13,28H,1,12H2,2-3H3,(H,25,26,27);3-8H2,1-2H3/b5-4-,24-15?;. The van der Waals surface area contributed by atoms with Crippen LogP contribution in [-0.4, -0.2) is 34.4 Å². The van der Waals surface area contributed by atoms with Gasteiger partial charge in [-0.2, -0.15) is 0 Å². The van der Waals surface area contributed by atoms with Gasteiger partial charge in [0.1, 0.15) is 29.2 Å². The maximum absolute atomic E-state index is 13.2. The number of halogens is 1. The molecule has 6 heteroatoms. The number of fused-ring (bicyclic) bond motifs is 1. The van der Waals surface area contributed by atoms with Crippen molar-refractivity contribution in [1.29, 1.82) is 0 Å². The molecule has 1 aromatic heterocycles. The molecule has 0 spiro atoms. The Morgan fingerprint density at radius 1 is 1.00 bits per heavy atom. The van der Waals surface area contributed by atoms with Crippen molar-refractivity contribution in [1.82, 2.24) is 9.97 Å². The van der Waals surface area contributed by atoms with Crippen LogP contribution in [0.4, 0.5) is 10.2 Å². The molecular formula is C30H39FN4O. The van der Waals surface area contributed by atoms with Crippen LogP contribution in [0.5, 0.6) is 5.75 Å². The topological polar surface area (TPSA) is 70.4 Å². The fourth-order valence-corrected chi connectivity index (χ4v) is 3.52. The largest absolute Gasteiger partial charge is 0.506 e. The number of unbranched alkanes of at least 4 members (excludes halogenated alkanes) is 5. The van der Waals surface area contributed by atoms with Crippen LogP contribution in [0.25, 0.3) is 22.0 Å². The zero-order chi connectivity index (χ0) is 26.3. The highest BCUT2D eigenvalue weighted by atomic mass is 19.1. The number of aromatic hydroxyl groups is 1. The molecule has 0 amide bonds. The summed E-state index contributed by atoms with van der Waals surface area (Å²) in [6.45, 7) is 10.9. The van der Waals surface area contributed by atoms with Gasteiger partial charge in [-0.15, -0.1) is 0 Å². The van der Waals surface area contributed by atoms with Gasteiger partial charge in [0.25, 0.3) is 0 Å². The molecule has 0 aliphatic heterocycles. The van der Waals surface area contributed by atoms with E-state index in [4.69, 9.17) is 0 Å². The monoisotopic (exact) mass is 490 g/mol. The lowest BCUT2D eigenvalue weighted by atomic mass is 10.0. The van der Waals surface area contributed by atoms with E-state index < -0.39 is 0 Å². The van der Waals surface area contributed by atoms with Crippen LogP contribution in [0, 0.1) is 5.82 Å². The van der Waals surface area contributed by atoms with E-state index in [2.05, 4.69) is 40.7 Å². The van der Waals surface area contributed by atoms with Crippen LogP contribution in [0.2, 0.25) is 0 Å². The maximum Gasteiger partial charge on any atom is 0.142 e. The van der Waals surface area contributed by atoms with Gasteiger partial charge in [-0.05, 0) is 54.0 Å². The molecule has 2 aromatic carbocycles. The number of benzene rings is 2. The molecule has 0 aliphatic carbocycles. The number of hydrogen-bond acceptors (Lipinski definition) is 5. The molecule has 192 valence electrons. The predicted molar refractivity (Wildman–Crippen MR) is 151 cm³/mol. The first-order chi connectivity index (χ1) is 17.4. The highest BCUT2D eigenvalue weighted by Crippen LogP contribution is 2.33. The SMILES string of the molecule is C=C(/C=C\C(C)=NC)CNc1ncnc2c(O)cc(-c3ccc(F)cc3)cc12.CCCCCCCC. The number of phenols is 1. The van der Waals surface area contributed by atoms with Crippen LogP contribution >= 0.6 is 0 Å². The molecule has 36 heavy (non-hydrogen) atoms. The Bertz CT molecular complexity index is 1160. The summed E-state index contributed by atoms with van der Waals surface area (Å²) in [7, 11) is 1.74. The average Bonchev–Trinajstić information content (AvgIpc) is 2.89. The number of nitrogens with zero attached hydrogens (tertiary/aromatic N) is 3. The fraction of sp³-hybridized carbons (Fsp3) is 0.367. The number of rotatable bonds is 11. The van der Waals surface area contributed by atoms with Crippen molar-refractivity contribution in [2.24, 2.45) is 4.99 Å². The Balaban J connectivity index is 0.000000493. The Kier molecular flexibility index (Phi) is 12.3. The van der Waals surface area contributed by atoms with Gasteiger partial charge in [-0.3, -0.25) is 4.99 Å². The van der Waals surface area contributed by atoms with Crippen molar-refractivity contribution >= 4 is 22.4 Å². The van der Waals surface area contributed by atoms with E-state index in [1.807, 2.05) is 25.1 Å². The highest BCUT2D eigenvalue weighted by molar-refractivity contribution is 5.96. The minimum atomic E-state index is -0.311. The van der Waals surface area contributed by atoms with E-state index >= 15 is 0 Å². The minimum Gasteiger partial charge on any atom is -0.506 e. The Hall–Kier alpha value is -3.54. The summed E-state index contributed by atoms with van der Waals surface area (Å²) in [4.78, 5) is 12.5. The van der Waals surface area contributed by atoms with Crippen LogP contribution in [0.1, 0.15) is 59.3 Å². The summed E-state index contributed by atoms with van der Waals surface area (Å²) in [6, 6.07) is 9.58. The van der Waals surface area contributed by atoms with Gasteiger partial charge in [0.05, 0.1) is 0 Å². The third-order valence-electron chi connectivity index (χ3n) is 5.75. The Morgan fingerprint density at radius 3 is 2.28 bits per heavy atom. The molecule has 3 aromatic rings. The molecular weight excluding hydrogens is 451 g/mol. The second kappa shape index (κ2) is 15.5. The molecule has 0 saturated heterocycles. The van der Waals surface area contributed by atoms with E-state index in [0.29, 0.717) is 23.3 Å². The molecule has 0 radical (unpaired) electrons. The first-order valence-corrected chi connectivity index (χ1v) is 12.7. The molecule has 5 nitrogen and oxygen atoms in total. The van der Waals surface area contributed by atoms with Crippen LogP contribution in [0.15, 0.2) is 72.0 Å². The lowest BCUT2D eigenvalue weighted by Gasteiger charge is -2.11. The molecule has 2 N–H and O–H groups in total. The third-order valence-corrected chi connectivity index (χ3v) is 5.75. The number of anilines is 1. The number of aliphatic imine (C=N–C) groups is 1. The first kappa shape index (κ1) is 28.7. The van der Waals surface area contributed by atoms with Gasteiger partial charge in [-0.25, -0.2) is 14.4 Å². The number of nitrogens with one attached hydrogen (secondary N) is 1. The third kappa shape index (κ3) is 9.25. The van der Waals surface area contributed by atoms with Crippen molar-refractivity contribution in [2.75, 3.05) is 18.9 Å². The van der Waals surface area contributed by atoms with Crippen molar-refractivity contribution in [3.05, 3.63) is 72.8 Å². The van der Waals surface area contributed by atoms with E-state index in [0.717, 1.165) is 22.4 Å². The maximum atomic E-state index is 13.2. The summed E-state index contributed by atoms with van der Waals surface area (Å²) in [6.07, 6.45) is 13.7. The average molecular weight is 491 g/mol. The summed E-state index contributed by atoms with van der Waals surface area (Å²) in [5, 5.41) is 14.3. The van der Waals surface area contributed by atoms with Crippen molar-refractivity contribution in [3.63, 3.8) is 0 Å². The summed E-state index contributed by atoms with van der Waals surface area (Å²) < 4.78 is 13.2. The summed E-state index contributed by atoms with van der Waals surface area (Å²) >= 11 is 0. The van der Waals surface area contributed by atoms with Gasteiger partial charge in [0, 0.05) is 24.7 Å². The van der Waals surface area contributed by atoms with Gasteiger partial charge in [-0.1, -0.05) is 77.2 Å². The van der Waals surface area contributed by atoms with Crippen molar-refractivity contribution in [3.8, 4) is 16.9 Å². The molecule has 0 unspecified atom stereocenters. The second-order valence-electron chi connectivity index (χ2n) is 8.75. The molecule has 1 heterocycles. The Morgan fingerprint density at radius 2 is 1.67 bits per heavy atom. The van der Waals surface area contributed by atoms with E-state index in [1.54, 1.807) is 25.2 Å². The number of allylic oxidation sites excluding steroid dienone is 1. The smallest absolute Gasteiger partial charge is 0.142 e. The van der Waals surface area contributed by atoms with Crippen LogP contribution < -0.4 is 5.32 Å². The van der Waals surface area contributed by atoms with Gasteiger partial charge >= 0.3 is 0 Å². The van der Waals surface area contributed by atoms with E-state index in [-0.39, 0.29) is 11.6 Å². The predicted octanol–water partition coefficient (Wildman–Crippen LogP) is 8.12. The summed E-state index contributed by atoms with van der Waals surface area (Å²) in [5.74, 6) is 0.310. The number of aromatic nitrogens is 2. The first-order valence-electron chi connectivity index (χ1n) is 12.7.